The fourth-order valence-corrected chi connectivity index (χ4v) is 2.01. The number of rotatable bonds is 5. The van der Waals surface area contributed by atoms with Crippen LogP contribution in [0.4, 0.5) is 5.82 Å². The molecule has 2 rings (SSSR count). The van der Waals surface area contributed by atoms with Crippen LogP contribution in [0.3, 0.4) is 0 Å². The first-order valence-electron chi connectivity index (χ1n) is 6.98. The molecule has 6 nitrogen and oxygen atoms in total. The second kappa shape index (κ2) is 5.90. The van der Waals surface area contributed by atoms with E-state index in [1.165, 1.54) is 0 Å². The van der Waals surface area contributed by atoms with E-state index >= 15 is 0 Å². The van der Waals surface area contributed by atoms with Gasteiger partial charge < -0.3 is 5.32 Å². The minimum absolute atomic E-state index is 0.162. The summed E-state index contributed by atoms with van der Waals surface area (Å²) < 4.78 is 1.73. The normalized spacial score (nSPS) is 11.1. The fourth-order valence-electron chi connectivity index (χ4n) is 2.01. The highest BCUT2D eigenvalue weighted by atomic mass is 16.2. The van der Waals surface area contributed by atoms with Gasteiger partial charge in [0.25, 0.3) is 5.91 Å². The van der Waals surface area contributed by atoms with Gasteiger partial charge >= 0.3 is 0 Å². The number of anilines is 1. The first-order valence-corrected chi connectivity index (χ1v) is 6.98. The molecule has 0 spiro atoms. The van der Waals surface area contributed by atoms with Gasteiger partial charge in [0.2, 0.25) is 0 Å². The monoisotopic (exact) mass is 275 g/mol. The lowest BCUT2D eigenvalue weighted by Gasteiger charge is -2.06. The number of carbonyl (C=O) groups is 1. The zero-order chi connectivity index (χ0) is 14.7. The number of nitrogens with one attached hydrogen (secondary N) is 2. The number of amides is 1. The van der Waals surface area contributed by atoms with Gasteiger partial charge in [0.05, 0.1) is 11.9 Å². The van der Waals surface area contributed by atoms with Crippen molar-refractivity contribution in [2.24, 2.45) is 0 Å². The van der Waals surface area contributed by atoms with Crippen LogP contribution in [-0.4, -0.2) is 25.9 Å². The Bertz CT molecular complexity index is 596. The summed E-state index contributed by atoms with van der Waals surface area (Å²) in [6.07, 6.45) is 2.54. The third-order valence-electron chi connectivity index (χ3n) is 3.26. The summed E-state index contributed by atoms with van der Waals surface area (Å²) in [6, 6.07) is 1.85. The smallest absolute Gasteiger partial charge is 0.275 e. The Balaban J connectivity index is 2.25. The van der Waals surface area contributed by atoms with Crippen molar-refractivity contribution in [1.82, 2.24) is 20.0 Å². The number of hydrogen-bond acceptors (Lipinski definition) is 3. The van der Waals surface area contributed by atoms with Crippen molar-refractivity contribution in [2.45, 2.75) is 46.6 Å². The molecule has 0 aliphatic rings. The predicted molar refractivity (Wildman–Crippen MR) is 77.9 cm³/mol. The topological polar surface area (TPSA) is 75.6 Å². The molecule has 2 N–H and O–H groups in total. The van der Waals surface area contributed by atoms with Crippen LogP contribution in [0.1, 0.15) is 55.4 Å². The van der Waals surface area contributed by atoms with E-state index in [4.69, 9.17) is 0 Å². The molecule has 0 saturated heterocycles. The molecule has 0 fully saturated rings. The molecule has 0 saturated carbocycles. The van der Waals surface area contributed by atoms with E-state index in [2.05, 4.69) is 34.5 Å². The Morgan fingerprint density at radius 2 is 2.20 bits per heavy atom. The van der Waals surface area contributed by atoms with Crippen molar-refractivity contribution in [3.63, 3.8) is 0 Å². The summed E-state index contributed by atoms with van der Waals surface area (Å²) in [7, 11) is 0. The molecule has 0 aliphatic heterocycles. The maximum Gasteiger partial charge on any atom is 0.275 e. The SMILES string of the molecule is CCc1cn[nH]c1NC(=O)c1cc(C(C)C)nn1CC. The lowest BCUT2D eigenvalue weighted by Crippen LogP contribution is -2.18. The Morgan fingerprint density at radius 1 is 1.45 bits per heavy atom. The van der Waals surface area contributed by atoms with Crippen molar-refractivity contribution >= 4 is 11.7 Å². The van der Waals surface area contributed by atoms with Gasteiger partial charge in [-0.1, -0.05) is 20.8 Å². The molecule has 2 aromatic rings. The highest BCUT2D eigenvalue weighted by Crippen LogP contribution is 2.17. The van der Waals surface area contributed by atoms with Crippen molar-refractivity contribution in [2.75, 3.05) is 5.32 Å². The van der Waals surface area contributed by atoms with E-state index in [0.717, 1.165) is 17.7 Å². The standard InChI is InChI=1S/C14H21N5O/c1-5-10-8-15-17-13(10)16-14(20)12-7-11(9(3)4)18-19(12)6-2/h7-9H,5-6H2,1-4H3,(H2,15,16,17,20). The number of carbonyl (C=O) groups excluding carboxylic acids is 1. The number of H-pyrrole nitrogens is 1. The summed E-state index contributed by atoms with van der Waals surface area (Å²) in [5.41, 5.74) is 2.50. The van der Waals surface area contributed by atoms with Gasteiger partial charge in [0.15, 0.2) is 0 Å². The van der Waals surface area contributed by atoms with Gasteiger partial charge in [-0.3, -0.25) is 14.6 Å². The summed E-state index contributed by atoms with van der Waals surface area (Å²) >= 11 is 0. The van der Waals surface area contributed by atoms with Crippen molar-refractivity contribution < 1.29 is 4.79 Å². The summed E-state index contributed by atoms with van der Waals surface area (Å²) in [5.74, 6) is 0.797. The fraction of sp³-hybridized carbons (Fsp3) is 0.500. The maximum absolute atomic E-state index is 12.4. The van der Waals surface area contributed by atoms with Crippen LogP contribution in [0.25, 0.3) is 0 Å². The van der Waals surface area contributed by atoms with Gasteiger partial charge in [-0.15, -0.1) is 0 Å². The van der Waals surface area contributed by atoms with Gasteiger partial charge in [-0.05, 0) is 25.3 Å². The molecule has 0 aromatic carbocycles. The molecule has 0 radical (unpaired) electrons. The molecule has 0 unspecified atom stereocenters. The molecule has 0 bridgehead atoms. The average molecular weight is 275 g/mol. The number of nitrogens with zero attached hydrogens (tertiary/aromatic N) is 3. The Labute approximate surface area is 118 Å². The average Bonchev–Trinajstić information content (AvgIpc) is 3.04. The lowest BCUT2D eigenvalue weighted by atomic mass is 10.1. The van der Waals surface area contributed by atoms with Gasteiger partial charge in [-0.25, -0.2) is 0 Å². The minimum atomic E-state index is -0.162. The molecule has 20 heavy (non-hydrogen) atoms. The third-order valence-corrected chi connectivity index (χ3v) is 3.26. The number of aromatic amines is 1. The molecular formula is C14H21N5O. The first-order chi connectivity index (χ1) is 9.56. The zero-order valence-corrected chi connectivity index (χ0v) is 12.4. The van der Waals surface area contributed by atoms with Crippen LogP contribution < -0.4 is 5.32 Å². The van der Waals surface area contributed by atoms with Crippen molar-refractivity contribution in [3.05, 3.63) is 29.2 Å². The molecule has 1 amide bonds. The predicted octanol–water partition coefficient (Wildman–Crippen LogP) is 2.56. The van der Waals surface area contributed by atoms with E-state index in [1.54, 1.807) is 10.9 Å². The molecule has 2 heterocycles. The Hall–Kier alpha value is -2.11. The van der Waals surface area contributed by atoms with Gasteiger partial charge in [-0.2, -0.15) is 10.2 Å². The molecule has 108 valence electrons. The molecular weight excluding hydrogens is 254 g/mol. The molecule has 0 aliphatic carbocycles. The van der Waals surface area contributed by atoms with Crippen LogP contribution in [0, 0.1) is 0 Å². The van der Waals surface area contributed by atoms with Crippen molar-refractivity contribution in [1.29, 1.82) is 0 Å². The van der Waals surface area contributed by atoms with Crippen LogP contribution in [-0.2, 0) is 13.0 Å². The quantitative estimate of drug-likeness (QED) is 0.880. The van der Waals surface area contributed by atoms with Crippen molar-refractivity contribution in [3.8, 4) is 0 Å². The van der Waals surface area contributed by atoms with E-state index in [0.29, 0.717) is 24.0 Å². The Morgan fingerprint density at radius 3 is 2.80 bits per heavy atom. The van der Waals surface area contributed by atoms with E-state index < -0.39 is 0 Å². The van der Waals surface area contributed by atoms with E-state index in [1.807, 2.05) is 19.9 Å². The van der Waals surface area contributed by atoms with Crippen LogP contribution in [0.15, 0.2) is 12.3 Å². The van der Waals surface area contributed by atoms with E-state index in [-0.39, 0.29) is 5.91 Å². The number of aromatic nitrogens is 4. The Kier molecular flexibility index (Phi) is 4.22. The van der Waals surface area contributed by atoms with Gasteiger partial charge in [0, 0.05) is 12.1 Å². The maximum atomic E-state index is 12.4. The summed E-state index contributed by atoms with van der Waals surface area (Å²) in [5, 5.41) is 14.1. The summed E-state index contributed by atoms with van der Waals surface area (Å²) in [4.78, 5) is 12.4. The lowest BCUT2D eigenvalue weighted by molar-refractivity contribution is 0.101. The highest BCUT2D eigenvalue weighted by molar-refractivity contribution is 6.03. The largest absolute Gasteiger partial charge is 0.305 e. The highest BCUT2D eigenvalue weighted by Gasteiger charge is 2.17. The summed E-state index contributed by atoms with van der Waals surface area (Å²) in [6.45, 7) is 8.79. The number of aryl methyl sites for hydroxylation is 2. The zero-order valence-electron chi connectivity index (χ0n) is 12.4. The van der Waals surface area contributed by atoms with Gasteiger partial charge in [0.1, 0.15) is 11.5 Å². The van der Waals surface area contributed by atoms with E-state index in [9.17, 15) is 4.79 Å². The third kappa shape index (κ3) is 2.74. The number of hydrogen-bond donors (Lipinski definition) is 2. The minimum Gasteiger partial charge on any atom is -0.305 e. The van der Waals surface area contributed by atoms with Crippen LogP contribution in [0.2, 0.25) is 0 Å². The second-order valence-corrected chi connectivity index (χ2v) is 5.00. The first kappa shape index (κ1) is 14.3. The van der Waals surface area contributed by atoms with Crippen LogP contribution >= 0.6 is 0 Å². The molecule has 2 aromatic heterocycles. The molecule has 0 atom stereocenters. The van der Waals surface area contributed by atoms with Crippen LogP contribution in [0.5, 0.6) is 0 Å². The molecule has 6 heteroatoms. The second-order valence-electron chi connectivity index (χ2n) is 5.00.